The van der Waals surface area contributed by atoms with Crippen LogP contribution in [-0.2, 0) is 29.0 Å². The highest BCUT2D eigenvalue weighted by Crippen LogP contribution is 2.38. The third-order valence-corrected chi connectivity index (χ3v) is 4.56. The van der Waals surface area contributed by atoms with Crippen molar-refractivity contribution in [3.63, 3.8) is 0 Å². The first-order chi connectivity index (χ1) is 12.5. The van der Waals surface area contributed by atoms with E-state index < -0.39 is 11.9 Å². The number of halogens is 1. The average molecular weight is 395 g/mol. The van der Waals surface area contributed by atoms with Crippen LogP contribution < -0.4 is 10.1 Å². The molecule has 2 aliphatic rings. The predicted octanol–water partition coefficient (Wildman–Crippen LogP) is 2.72. The molecule has 4 rings (SSSR count). The number of hydrogen-bond acceptors (Lipinski definition) is 4. The van der Waals surface area contributed by atoms with Crippen LogP contribution >= 0.6 is 11.6 Å². The van der Waals surface area contributed by atoms with E-state index in [0.29, 0.717) is 12.2 Å². The Morgan fingerprint density at radius 3 is 2.48 bits per heavy atom. The number of carboxylic acids is 2. The number of rotatable bonds is 2. The third-order valence-electron chi connectivity index (χ3n) is 4.34. The van der Waals surface area contributed by atoms with E-state index in [9.17, 15) is 9.59 Å². The zero-order chi connectivity index (χ0) is 18.7. The summed E-state index contributed by atoms with van der Waals surface area (Å²) in [6.45, 7) is 3.82. The molecule has 0 radical (unpaired) electrons. The second-order valence-corrected chi connectivity index (χ2v) is 6.42. The van der Waals surface area contributed by atoms with Gasteiger partial charge in [-0.1, -0.05) is 19.0 Å². The number of hydrogen-bond donors (Lipinski definition) is 3. The maximum atomic E-state index is 9.55. The zero-order valence-electron chi connectivity index (χ0n) is 14.0. The van der Waals surface area contributed by atoms with Crippen LogP contribution in [0, 0.1) is 0 Å². The summed E-state index contributed by atoms with van der Waals surface area (Å²) < 4.78 is 8.20. The minimum absolute atomic E-state index is 0. The quantitative estimate of drug-likeness (QED) is 0.677. The molecule has 146 valence electrons. The highest BCUT2D eigenvalue weighted by Gasteiger charge is 2.24. The SMILES string of the molecule is C.Clc1cc2c3c(c1)c1c(n3CCO2)CCNCC1.O=C(O)/C=C\C(=O)O. The molecule has 0 unspecified atom stereocenters. The molecule has 27 heavy (non-hydrogen) atoms. The Labute approximate surface area is 162 Å². The third kappa shape index (κ3) is 4.61. The fraction of sp³-hybridized carbons (Fsp3) is 0.368. The largest absolute Gasteiger partial charge is 0.489 e. The van der Waals surface area contributed by atoms with Crippen LogP contribution in [0.1, 0.15) is 18.7 Å². The molecule has 0 bridgehead atoms. The van der Waals surface area contributed by atoms with Gasteiger partial charge in [-0.2, -0.15) is 0 Å². The van der Waals surface area contributed by atoms with Gasteiger partial charge in [-0.15, -0.1) is 0 Å². The molecule has 7 nitrogen and oxygen atoms in total. The Kier molecular flexibility index (Phi) is 6.87. The van der Waals surface area contributed by atoms with Gasteiger partial charge in [-0.25, -0.2) is 9.59 Å². The summed E-state index contributed by atoms with van der Waals surface area (Å²) in [5.74, 6) is -1.57. The van der Waals surface area contributed by atoms with Crippen LogP contribution in [0.4, 0.5) is 0 Å². The highest BCUT2D eigenvalue weighted by atomic mass is 35.5. The van der Waals surface area contributed by atoms with E-state index in [-0.39, 0.29) is 7.43 Å². The molecule has 2 aromatic rings. The fourth-order valence-electron chi connectivity index (χ4n) is 3.39. The number of aromatic nitrogens is 1. The first kappa shape index (κ1) is 20.8. The lowest BCUT2D eigenvalue weighted by Gasteiger charge is -2.19. The van der Waals surface area contributed by atoms with E-state index in [1.54, 1.807) is 0 Å². The van der Waals surface area contributed by atoms with Gasteiger partial charge in [0.25, 0.3) is 0 Å². The lowest BCUT2D eigenvalue weighted by atomic mass is 10.1. The first-order valence-corrected chi connectivity index (χ1v) is 8.66. The maximum Gasteiger partial charge on any atom is 0.328 e. The summed E-state index contributed by atoms with van der Waals surface area (Å²) >= 11 is 6.21. The number of nitrogens with zero attached hydrogens (tertiary/aromatic N) is 1. The topological polar surface area (TPSA) is 101 Å². The van der Waals surface area contributed by atoms with Crippen LogP contribution in [0.25, 0.3) is 10.9 Å². The molecule has 0 saturated heterocycles. The van der Waals surface area contributed by atoms with Crippen molar-refractivity contribution in [1.82, 2.24) is 9.88 Å². The molecule has 1 aromatic heterocycles. The molecule has 0 spiro atoms. The van der Waals surface area contributed by atoms with Gasteiger partial charge in [-0.05, 0) is 24.6 Å². The van der Waals surface area contributed by atoms with Crippen LogP contribution in [0.5, 0.6) is 5.75 Å². The minimum Gasteiger partial charge on any atom is -0.489 e. The first-order valence-electron chi connectivity index (χ1n) is 8.28. The number of aliphatic carboxylic acids is 2. The number of benzene rings is 1. The maximum absolute atomic E-state index is 9.55. The second kappa shape index (κ2) is 8.92. The molecule has 2 aliphatic heterocycles. The van der Waals surface area contributed by atoms with Crippen LogP contribution in [0.3, 0.4) is 0 Å². The fourth-order valence-corrected chi connectivity index (χ4v) is 3.60. The monoisotopic (exact) mass is 394 g/mol. The Morgan fingerprint density at radius 2 is 1.81 bits per heavy atom. The van der Waals surface area contributed by atoms with Crippen molar-refractivity contribution >= 4 is 34.4 Å². The molecule has 0 atom stereocenters. The van der Waals surface area contributed by atoms with Crippen molar-refractivity contribution in [2.75, 3.05) is 19.7 Å². The molecule has 1 aromatic carbocycles. The van der Waals surface area contributed by atoms with Crippen molar-refractivity contribution < 1.29 is 24.5 Å². The lowest BCUT2D eigenvalue weighted by Crippen LogP contribution is -2.19. The Morgan fingerprint density at radius 1 is 1.15 bits per heavy atom. The van der Waals surface area contributed by atoms with E-state index in [2.05, 4.69) is 16.0 Å². The van der Waals surface area contributed by atoms with Gasteiger partial charge in [0.1, 0.15) is 12.4 Å². The van der Waals surface area contributed by atoms with Crippen LogP contribution in [-0.4, -0.2) is 46.4 Å². The highest BCUT2D eigenvalue weighted by molar-refractivity contribution is 6.31. The van der Waals surface area contributed by atoms with Crippen molar-refractivity contribution in [2.24, 2.45) is 0 Å². The van der Waals surface area contributed by atoms with Crippen LogP contribution in [0.15, 0.2) is 24.3 Å². The molecular formula is C19H23ClN2O5. The lowest BCUT2D eigenvalue weighted by molar-refractivity contribution is -0.134. The van der Waals surface area contributed by atoms with Crippen molar-refractivity contribution in [3.8, 4) is 5.75 Å². The van der Waals surface area contributed by atoms with Gasteiger partial charge in [0, 0.05) is 47.3 Å². The van der Waals surface area contributed by atoms with Gasteiger partial charge in [0.2, 0.25) is 0 Å². The second-order valence-electron chi connectivity index (χ2n) is 5.99. The summed E-state index contributed by atoms with van der Waals surface area (Å²) in [6.07, 6.45) is 3.30. The van der Waals surface area contributed by atoms with E-state index in [1.165, 1.54) is 22.2 Å². The summed E-state index contributed by atoms with van der Waals surface area (Å²) in [5.41, 5.74) is 4.18. The molecule has 8 heteroatoms. The van der Waals surface area contributed by atoms with Gasteiger partial charge < -0.3 is 24.8 Å². The standard InChI is InChI=1S/C14H15ClN2O.C4H4O4.CH4/c15-9-7-11-10-1-3-16-4-2-12(10)17-5-6-18-13(8-9)14(11)17;5-3(6)1-2-4(7)8;/h7-8,16H,1-6H2;1-2H,(H,5,6)(H,7,8);1H4/b;2-1-;. The van der Waals surface area contributed by atoms with Gasteiger partial charge in [-0.3, -0.25) is 0 Å². The molecular weight excluding hydrogens is 372 g/mol. The number of ether oxygens (including phenoxy) is 1. The zero-order valence-corrected chi connectivity index (χ0v) is 14.8. The van der Waals surface area contributed by atoms with Gasteiger partial charge in [0.15, 0.2) is 0 Å². The average Bonchev–Trinajstić information content (AvgIpc) is 2.76. The number of carboxylic acid groups (broad SMARTS) is 2. The number of fused-ring (bicyclic) bond motifs is 3. The van der Waals surface area contributed by atoms with Crippen molar-refractivity contribution in [1.29, 1.82) is 0 Å². The number of carbonyl (C=O) groups is 2. The van der Waals surface area contributed by atoms with Crippen molar-refractivity contribution in [3.05, 3.63) is 40.6 Å². The van der Waals surface area contributed by atoms with E-state index in [4.69, 9.17) is 26.6 Å². The molecule has 3 heterocycles. The molecule has 0 fully saturated rings. The normalized spacial score (nSPS) is 15.0. The van der Waals surface area contributed by atoms with Crippen LogP contribution in [0.2, 0.25) is 5.02 Å². The molecule has 0 aliphatic carbocycles. The van der Waals surface area contributed by atoms with Gasteiger partial charge >= 0.3 is 11.9 Å². The van der Waals surface area contributed by atoms with E-state index >= 15 is 0 Å². The molecule has 0 amide bonds. The Balaban J connectivity index is 0.000000252. The van der Waals surface area contributed by atoms with E-state index in [0.717, 1.165) is 49.9 Å². The Hall–Kier alpha value is -2.51. The predicted molar refractivity (Wildman–Crippen MR) is 104 cm³/mol. The van der Waals surface area contributed by atoms with E-state index in [1.807, 2.05) is 6.07 Å². The molecule has 0 saturated carbocycles. The van der Waals surface area contributed by atoms with Gasteiger partial charge in [0.05, 0.1) is 12.1 Å². The van der Waals surface area contributed by atoms with Crippen molar-refractivity contribution in [2.45, 2.75) is 26.8 Å². The smallest absolute Gasteiger partial charge is 0.328 e. The summed E-state index contributed by atoms with van der Waals surface area (Å²) in [4.78, 5) is 19.1. The summed E-state index contributed by atoms with van der Waals surface area (Å²) in [6, 6.07) is 4.03. The minimum atomic E-state index is -1.26. The summed E-state index contributed by atoms with van der Waals surface area (Å²) in [7, 11) is 0. The number of nitrogens with one attached hydrogen (secondary N) is 1. The Bertz CT molecular complexity index is 872. The molecule has 3 N–H and O–H groups in total. The summed E-state index contributed by atoms with van der Waals surface area (Å²) in [5, 5.41) is 21.2.